The lowest BCUT2D eigenvalue weighted by molar-refractivity contribution is -0.140. The Morgan fingerprint density at radius 2 is 2.10 bits per heavy atom. The van der Waals surface area contributed by atoms with E-state index in [1.165, 1.54) is 16.2 Å². The zero-order chi connectivity index (χ0) is 22.0. The van der Waals surface area contributed by atoms with Crippen molar-refractivity contribution in [3.8, 4) is 5.75 Å². The Morgan fingerprint density at radius 1 is 1.26 bits per heavy atom. The number of pyridine rings is 1. The van der Waals surface area contributed by atoms with E-state index in [1.54, 1.807) is 42.7 Å². The summed E-state index contributed by atoms with van der Waals surface area (Å²) in [6.45, 7) is 2.51. The quantitative estimate of drug-likeness (QED) is 0.328. The summed E-state index contributed by atoms with van der Waals surface area (Å²) in [4.78, 5) is 32.6. The number of nitrogens with zero attached hydrogens (tertiary/aromatic N) is 2. The summed E-state index contributed by atoms with van der Waals surface area (Å²) in [6.07, 6.45) is 3.20. The number of benzene rings is 1. The number of aromatic nitrogens is 1. The normalized spacial score (nSPS) is 17.9. The van der Waals surface area contributed by atoms with Crippen molar-refractivity contribution in [2.45, 2.75) is 19.5 Å². The zero-order valence-corrected chi connectivity index (χ0v) is 18.2. The number of carbonyl (C=O) groups is 2. The molecule has 1 aliphatic rings. The number of hydrogen-bond donors (Lipinski definition) is 1. The molecule has 1 aliphatic heterocycles. The van der Waals surface area contributed by atoms with Gasteiger partial charge in [-0.3, -0.25) is 14.6 Å². The molecule has 8 heteroatoms. The predicted octanol–water partition coefficient (Wildman–Crippen LogP) is 4.82. The van der Waals surface area contributed by atoms with Gasteiger partial charge in [0.25, 0.3) is 11.7 Å². The van der Waals surface area contributed by atoms with Gasteiger partial charge in [-0.05, 0) is 48.2 Å². The summed E-state index contributed by atoms with van der Waals surface area (Å²) in [7, 11) is 0. The maximum atomic E-state index is 13.1. The van der Waals surface area contributed by atoms with Gasteiger partial charge in [-0.25, -0.2) is 0 Å². The fraction of sp³-hybridized carbons (Fsp3) is 0.174. The van der Waals surface area contributed by atoms with E-state index in [4.69, 9.17) is 16.3 Å². The number of rotatable bonds is 6. The summed E-state index contributed by atoms with van der Waals surface area (Å²) in [5.74, 6) is -1.28. The molecule has 0 saturated carbocycles. The largest absolute Gasteiger partial charge is 0.507 e. The van der Waals surface area contributed by atoms with Crippen molar-refractivity contribution in [1.29, 1.82) is 0 Å². The van der Waals surface area contributed by atoms with Crippen LogP contribution in [-0.4, -0.2) is 33.3 Å². The van der Waals surface area contributed by atoms with E-state index in [2.05, 4.69) is 4.98 Å². The molecule has 2 aromatic heterocycles. The SMILES string of the molecule is CCOc1ccc(Cl)c(/C(O)=C2\C(=O)C(=O)N(Cc3cccs3)C2c2cccnc2)c1. The number of halogens is 1. The third-order valence-electron chi connectivity index (χ3n) is 4.95. The van der Waals surface area contributed by atoms with Gasteiger partial charge in [0.2, 0.25) is 0 Å². The van der Waals surface area contributed by atoms with Crippen LogP contribution < -0.4 is 4.74 Å². The van der Waals surface area contributed by atoms with E-state index >= 15 is 0 Å². The molecule has 1 unspecified atom stereocenters. The number of aliphatic hydroxyl groups is 1. The maximum absolute atomic E-state index is 13.1. The van der Waals surface area contributed by atoms with E-state index < -0.39 is 17.7 Å². The highest BCUT2D eigenvalue weighted by Gasteiger charge is 2.46. The molecule has 31 heavy (non-hydrogen) atoms. The Morgan fingerprint density at radius 3 is 2.77 bits per heavy atom. The Balaban J connectivity index is 1.87. The summed E-state index contributed by atoms with van der Waals surface area (Å²) < 4.78 is 5.50. The summed E-state index contributed by atoms with van der Waals surface area (Å²) in [5.41, 5.74) is 0.831. The molecular formula is C23H19ClN2O4S. The summed E-state index contributed by atoms with van der Waals surface area (Å²) in [5, 5.41) is 13.3. The van der Waals surface area contributed by atoms with Gasteiger partial charge in [-0.1, -0.05) is 23.7 Å². The van der Waals surface area contributed by atoms with Crippen molar-refractivity contribution in [2.24, 2.45) is 0 Å². The average molecular weight is 455 g/mol. The molecule has 1 amide bonds. The summed E-state index contributed by atoms with van der Waals surface area (Å²) >= 11 is 7.82. The van der Waals surface area contributed by atoms with E-state index in [1.807, 2.05) is 24.4 Å². The number of aliphatic hydroxyl groups excluding tert-OH is 1. The third kappa shape index (κ3) is 4.06. The molecule has 1 aromatic carbocycles. The minimum absolute atomic E-state index is 0.0231. The predicted molar refractivity (Wildman–Crippen MR) is 119 cm³/mol. The molecule has 0 aliphatic carbocycles. The molecule has 0 radical (unpaired) electrons. The van der Waals surface area contributed by atoms with Crippen molar-refractivity contribution in [3.63, 3.8) is 0 Å². The number of likely N-dealkylation sites (tertiary alicyclic amines) is 1. The fourth-order valence-corrected chi connectivity index (χ4v) is 4.49. The molecule has 1 fully saturated rings. The molecular weight excluding hydrogens is 436 g/mol. The van der Waals surface area contributed by atoms with Crippen LogP contribution in [0, 0.1) is 0 Å². The number of ketones is 1. The van der Waals surface area contributed by atoms with Gasteiger partial charge < -0.3 is 14.7 Å². The first-order valence-electron chi connectivity index (χ1n) is 9.64. The fourth-order valence-electron chi connectivity index (χ4n) is 3.59. The molecule has 0 spiro atoms. The van der Waals surface area contributed by atoms with Crippen LogP contribution in [0.3, 0.4) is 0 Å². The van der Waals surface area contributed by atoms with Crippen LogP contribution in [0.2, 0.25) is 5.02 Å². The molecule has 4 rings (SSSR count). The van der Waals surface area contributed by atoms with E-state index in [9.17, 15) is 14.7 Å². The van der Waals surface area contributed by atoms with E-state index in [-0.39, 0.29) is 28.5 Å². The number of Topliss-reactive ketones (excluding diaryl/α,β-unsaturated/α-hetero) is 1. The smallest absolute Gasteiger partial charge is 0.295 e. The number of amides is 1. The van der Waals surface area contributed by atoms with Gasteiger partial charge in [0.05, 0.1) is 29.8 Å². The van der Waals surface area contributed by atoms with Crippen LogP contribution in [0.5, 0.6) is 5.75 Å². The zero-order valence-electron chi connectivity index (χ0n) is 16.6. The molecule has 0 bridgehead atoms. The van der Waals surface area contributed by atoms with Crippen LogP contribution in [-0.2, 0) is 16.1 Å². The van der Waals surface area contributed by atoms with E-state index in [0.29, 0.717) is 17.9 Å². The van der Waals surface area contributed by atoms with Crippen molar-refractivity contribution in [3.05, 3.63) is 86.8 Å². The van der Waals surface area contributed by atoms with Gasteiger partial charge in [0, 0.05) is 22.8 Å². The van der Waals surface area contributed by atoms with Gasteiger partial charge in [-0.2, -0.15) is 0 Å². The van der Waals surface area contributed by atoms with Gasteiger partial charge in [0.1, 0.15) is 11.5 Å². The minimum atomic E-state index is -0.789. The maximum Gasteiger partial charge on any atom is 0.295 e. The molecule has 1 saturated heterocycles. The Labute approximate surface area is 188 Å². The van der Waals surface area contributed by atoms with Crippen LogP contribution in [0.1, 0.15) is 29.0 Å². The topological polar surface area (TPSA) is 79.7 Å². The highest BCUT2D eigenvalue weighted by Crippen LogP contribution is 2.41. The molecule has 3 aromatic rings. The first-order valence-corrected chi connectivity index (χ1v) is 10.9. The minimum Gasteiger partial charge on any atom is -0.507 e. The molecule has 158 valence electrons. The highest BCUT2D eigenvalue weighted by molar-refractivity contribution is 7.09. The first kappa shape index (κ1) is 21.1. The number of hydrogen-bond acceptors (Lipinski definition) is 6. The second-order valence-electron chi connectivity index (χ2n) is 6.87. The lowest BCUT2D eigenvalue weighted by atomic mass is 9.96. The number of ether oxygens (including phenoxy) is 1. The lowest BCUT2D eigenvalue weighted by Gasteiger charge is -2.24. The van der Waals surface area contributed by atoms with Crippen molar-refractivity contribution in [2.75, 3.05) is 6.61 Å². The molecule has 1 N–H and O–H groups in total. The lowest BCUT2D eigenvalue weighted by Crippen LogP contribution is -2.28. The standard InChI is InChI=1S/C23H19ClN2O4S/c1-2-30-15-7-8-18(24)17(11-15)21(27)19-20(14-5-3-9-25-12-14)26(23(29)22(19)28)13-16-6-4-10-31-16/h3-12,20,27H,2,13H2,1H3/b21-19+. The average Bonchev–Trinajstić information content (AvgIpc) is 3.38. The monoisotopic (exact) mass is 454 g/mol. The third-order valence-corrected chi connectivity index (χ3v) is 6.14. The van der Waals surface area contributed by atoms with Crippen molar-refractivity contribution >= 4 is 40.4 Å². The van der Waals surface area contributed by atoms with Crippen LogP contribution >= 0.6 is 22.9 Å². The van der Waals surface area contributed by atoms with Crippen LogP contribution in [0.15, 0.2) is 65.8 Å². The van der Waals surface area contributed by atoms with Crippen LogP contribution in [0.25, 0.3) is 5.76 Å². The molecule has 3 heterocycles. The van der Waals surface area contributed by atoms with Gasteiger partial charge in [-0.15, -0.1) is 11.3 Å². The van der Waals surface area contributed by atoms with Gasteiger partial charge >= 0.3 is 0 Å². The Bertz CT molecular complexity index is 1150. The second kappa shape index (κ2) is 8.91. The molecule has 1 atom stereocenters. The highest BCUT2D eigenvalue weighted by atomic mass is 35.5. The Hall–Kier alpha value is -3.16. The van der Waals surface area contributed by atoms with Crippen molar-refractivity contribution in [1.82, 2.24) is 9.88 Å². The van der Waals surface area contributed by atoms with Crippen molar-refractivity contribution < 1.29 is 19.4 Å². The first-order chi connectivity index (χ1) is 15.0. The molecule has 6 nitrogen and oxygen atoms in total. The summed E-state index contributed by atoms with van der Waals surface area (Å²) in [6, 6.07) is 11.3. The number of thiophene rings is 1. The van der Waals surface area contributed by atoms with Gasteiger partial charge in [0.15, 0.2) is 0 Å². The number of carbonyl (C=O) groups excluding carboxylic acids is 2. The van der Waals surface area contributed by atoms with E-state index in [0.717, 1.165) is 4.88 Å². The second-order valence-corrected chi connectivity index (χ2v) is 8.31. The van der Waals surface area contributed by atoms with Crippen LogP contribution in [0.4, 0.5) is 0 Å². The Kier molecular flexibility index (Phi) is 6.06.